The van der Waals surface area contributed by atoms with Crippen molar-refractivity contribution < 1.29 is 24.8 Å². The first-order chi connectivity index (χ1) is 7.60. The molecule has 0 saturated carbocycles. The van der Waals surface area contributed by atoms with E-state index in [1.807, 2.05) is 0 Å². The van der Waals surface area contributed by atoms with E-state index < -0.39 is 24.6 Å². The summed E-state index contributed by atoms with van der Waals surface area (Å²) in [5.74, 6) is -0.560. The van der Waals surface area contributed by atoms with Gasteiger partial charge in [-0.1, -0.05) is 6.07 Å². The summed E-state index contributed by atoms with van der Waals surface area (Å²) in [6.45, 7) is -0.714. The Hall–Kier alpha value is -1.01. The third-order valence-electron chi connectivity index (χ3n) is 2.37. The summed E-state index contributed by atoms with van der Waals surface area (Å²) >= 11 is 0. The number of aliphatic hydroxyl groups is 4. The zero-order chi connectivity index (χ0) is 12.1. The topological polar surface area (TPSA) is 80.9 Å². The summed E-state index contributed by atoms with van der Waals surface area (Å²) in [6, 6.07) is 3.75. The Bertz CT molecular complexity index is 343. The number of halogens is 1. The average Bonchev–Trinajstić information content (AvgIpc) is 2.29. The standard InChI is InChI=1S/C11H15FO4/c12-9-2-1-7(5-8(9)6-14)11(16)10(15)3-4-13/h1-2,5,10-11,13-16H,3-4,6H2. The predicted octanol–water partition coefficient (Wildman–Crippen LogP) is 0.0947. The monoisotopic (exact) mass is 230 g/mol. The molecular formula is C11H15FO4. The van der Waals surface area contributed by atoms with Gasteiger partial charge in [0.15, 0.2) is 0 Å². The van der Waals surface area contributed by atoms with Gasteiger partial charge in [0.25, 0.3) is 0 Å². The van der Waals surface area contributed by atoms with Crippen LogP contribution < -0.4 is 0 Å². The van der Waals surface area contributed by atoms with E-state index in [-0.39, 0.29) is 18.6 Å². The van der Waals surface area contributed by atoms with E-state index in [1.54, 1.807) is 0 Å². The highest BCUT2D eigenvalue weighted by Gasteiger charge is 2.18. The van der Waals surface area contributed by atoms with Crippen molar-refractivity contribution in [2.75, 3.05) is 6.61 Å². The van der Waals surface area contributed by atoms with Crippen molar-refractivity contribution in [1.82, 2.24) is 0 Å². The maximum Gasteiger partial charge on any atom is 0.128 e. The quantitative estimate of drug-likeness (QED) is 0.578. The smallest absolute Gasteiger partial charge is 0.128 e. The summed E-state index contributed by atoms with van der Waals surface area (Å²) in [5, 5.41) is 36.6. The van der Waals surface area contributed by atoms with Crippen LogP contribution in [0.2, 0.25) is 0 Å². The number of benzene rings is 1. The number of hydrogen-bond donors (Lipinski definition) is 4. The first kappa shape index (κ1) is 13.1. The first-order valence-corrected chi connectivity index (χ1v) is 4.96. The van der Waals surface area contributed by atoms with Crippen LogP contribution in [0.15, 0.2) is 18.2 Å². The van der Waals surface area contributed by atoms with Crippen molar-refractivity contribution in [1.29, 1.82) is 0 Å². The second-order valence-electron chi connectivity index (χ2n) is 3.53. The SMILES string of the molecule is OCCC(O)C(O)c1ccc(F)c(CO)c1. The van der Waals surface area contributed by atoms with Crippen LogP contribution in [0.3, 0.4) is 0 Å². The fraction of sp³-hybridized carbons (Fsp3) is 0.455. The number of rotatable bonds is 5. The molecule has 5 heteroatoms. The van der Waals surface area contributed by atoms with Crippen LogP contribution in [0.4, 0.5) is 4.39 Å². The van der Waals surface area contributed by atoms with E-state index in [4.69, 9.17) is 10.2 Å². The summed E-state index contributed by atoms with van der Waals surface area (Å²) in [7, 11) is 0. The van der Waals surface area contributed by atoms with Gasteiger partial charge in [0.1, 0.15) is 11.9 Å². The lowest BCUT2D eigenvalue weighted by Gasteiger charge is -2.17. The molecule has 2 atom stereocenters. The van der Waals surface area contributed by atoms with Crippen LogP contribution in [-0.4, -0.2) is 33.1 Å². The zero-order valence-corrected chi connectivity index (χ0v) is 8.67. The molecule has 0 heterocycles. The van der Waals surface area contributed by atoms with E-state index in [2.05, 4.69) is 0 Å². The van der Waals surface area contributed by atoms with Crippen LogP contribution in [0, 0.1) is 5.82 Å². The van der Waals surface area contributed by atoms with Crippen molar-refractivity contribution >= 4 is 0 Å². The third kappa shape index (κ3) is 2.99. The molecule has 0 amide bonds. The van der Waals surface area contributed by atoms with Gasteiger partial charge in [-0.2, -0.15) is 0 Å². The number of hydrogen-bond acceptors (Lipinski definition) is 4. The van der Waals surface area contributed by atoms with Crippen molar-refractivity contribution in [2.24, 2.45) is 0 Å². The largest absolute Gasteiger partial charge is 0.396 e. The Balaban J connectivity index is 2.87. The Labute approximate surface area is 92.6 Å². The summed E-state index contributed by atoms with van der Waals surface area (Å²) < 4.78 is 13.0. The molecule has 4 N–H and O–H groups in total. The van der Waals surface area contributed by atoms with E-state index >= 15 is 0 Å². The van der Waals surface area contributed by atoms with Gasteiger partial charge in [-0.25, -0.2) is 4.39 Å². The minimum Gasteiger partial charge on any atom is -0.396 e. The second kappa shape index (κ2) is 5.91. The Kier molecular flexibility index (Phi) is 4.82. The molecule has 0 aromatic heterocycles. The Morgan fingerprint density at radius 1 is 1.19 bits per heavy atom. The normalized spacial score (nSPS) is 14.8. The minimum absolute atomic E-state index is 0.0347. The van der Waals surface area contributed by atoms with Crippen LogP contribution in [0.25, 0.3) is 0 Å². The molecular weight excluding hydrogens is 215 g/mol. The summed E-state index contributed by atoms with van der Waals surface area (Å²) in [4.78, 5) is 0. The van der Waals surface area contributed by atoms with Crippen molar-refractivity contribution in [2.45, 2.75) is 25.2 Å². The average molecular weight is 230 g/mol. The molecule has 0 saturated heterocycles. The molecule has 1 aromatic rings. The molecule has 0 radical (unpaired) electrons. The molecule has 0 aliphatic heterocycles. The summed E-state index contributed by atoms with van der Waals surface area (Å²) in [6.07, 6.45) is -2.27. The molecule has 0 aliphatic rings. The first-order valence-electron chi connectivity index (χ1n) is 4.96. The van der Waals surface area contributed by atoms with Crippen LogP contribution >= 0.6 is 0 Å². The van der Waals surface area contributed by atoms with Gasteiger partial charge in [0.05, 0.1) is 12.7 Å². The molecule has 2 unspecified atom stereocenters. The Morgan fingerprint density at radius 3 is 2.44 bits per heavy atom. The Morgan fingerprint density at radius 2 is 1.88 bits per heavy atom. The second-order valence-corrected chi connectivity index (χ2v) is 3.53. The van der Waals surface area contributed by atoms with Gasteiger partial charge in [0.2, 0.25) is 0 Å². The lowest BCUT2D eigenvalue weighted by molar-refractivity contribution is 0.00409. The maximum absolute atomic E-state index is 13.0. The molecule has 0 spiro atoms. The molecule has 0 fully saturated rings. The van der Waals surface area contributed by atoms with Gasteiger partial charge >= 0.3 is 0 Å². The van der Waals surface area contributed by atoms with Crippen LogP contribution in [0.1, 0.15) is 23.7 Å². The summed E-state index contributed by atoms with van der Waals surface area (Å²) in [5.41, 5.74) is 0.374. The lowest BCUT2D eigenvalue weighted by atomic mass is 10.0. The third-order valence-corrected chi connectivity index (χ3v) is 2.37. The maximum atomic E-state index is 13.0. The van der Waals surface area contributed by atoms with Crippen LogP contribution in [0.5, 0.6) is 0 Å². The van der Waals surface area contributed by atoms with E-state index in [1.165, 1.54) is 12.1 Å². The van der Waals surface area contributed by atoms with E-state index in [9.17, 15) is 14.6 Å². The fourth-order valence-electron chi connectivity index (χ4n) is 1.41. The zero-order valence-electron chi connectivity index (χ0n) is 8.67. The van der Waals surface area contributed by atoms with Gasteiger partial charge < -0.3 is 20.4 Å². The molecule has 1 rings (SSSR count). The molecule has 90 valence electrons. The van der Waals surface area contributed by atoms with E-state index in [0.29, 0.717) is 5.56 Å². The van der Waals surface area contributed by atoms with Crippen molar-refractivity contribution in [3.05, 3.63) is 35.1 Å². The van der Waals surface area contributed by atoms with Crippen LogP contribution in [-0.2, 0) is 6.61 Å². The highest BCUT2D eigenvalue weighted by atomic mass is 19.1. The fourth-order valence-corrected chi connectivity index (χ4v) is 1.41. The van der Waals surface area contributed by atoms with E-state index in [0.717, 1.165) is 6.07 Å². The van der Waals surface area contributed by atoms with Gasteiger partial charge in [-0.3, -0.25) is 0 Å². The molecule has 4 nitrogen and oxygen atoms in total. The molecule has 1 aromatic carbocycles. The van der Waals surface area contributed by atoms with Gasteiger partial charge in [-0.05, 0) is 24.1 Å². The molecule has 0 bridgehead atoms. The highest BCUT2D eigenvalue weighted by Crippen LogP contribution is 2.21. The highest BCUT2D eigenvalue weighted by molar-refractivity contribution is 5.26. The predicted molar refractivity (Wildman–Crippen MR) is 55.0 cm³/mol. The molecule has 16 heavy (non-hydrogen) atoms. The van der Waals surface area contributed by atoms with Crippen molar-refractivity contribution in [3.8, 4) is 0 Å². The number of aliphatic hydroxyl groups excluding tert-OH is 4. The minimum atomic E-state index is -1.20. The van der Waals surface area contributed by atoms with Crippen molar-refractivity contribution in [3.63, 3.8) is 0 Å². The van der Waals surface area contributed by atoms with Gasteiger partial charge in [0, 0.05) is 12.2 Å². The molecule has 0 aliphatic carbocycles. The van der Waals surface area contributed by atoms with Gasteiger partial charge in [-0.15, -0.1) is 0 Å². The lowest BCUT2D eigenvalue weighted by Crippen LogP contribution is -2.19.